The van der Waals surface area contributed by atoms with Crippen LogP contribution in [0, 0.1) is 5.82 Å². The molecule has 3 N–H and O–H groups in total. The van der Waals surface area contributed by atoms with Gasteiger partial charge in [-0.05, 0) is 55.3 Å². The minimum Gasteiger partial charge on any atom is -0.491 e. The minimum absolute atomic E-state index is 0.114. The van der Waals surface area contributed by atoms with Crippen molar-refractivity contribution in [3.05, 3.63) is 65.6 Å². The predicted octanol–water partition coefficient (Wildman–Crippen LogP) is 4.24. The van der Waals surface area contributed by atoms with Gasteiger partial charge in [0.2, 0.25) is 11.9 Å². The number of piperidine rings is 1. The second-order valence-corrected chi connectivity index (χ2v) is 9.01. The molecule has 9 nitrogen and oxygen atoms in total. The molecule has 2 heterocycles. The standard InChI is InChI=1S/C26H30ClFN6O3/c1-36-12-13-37-22-9-7-19(8-10-22)32-26-30-15-23(28)25(33-26)34-11-3-6-21(17-34)31-24(35)16-29-20-5-2-4-18(27)14-20/h2,4-5,7-10,14-15,21,29H,3,6,11-13,16-17H2,1H3,(H,31,35)(H,30,32,33). The molecule has 0 spiro atoms. The van der Waals surface area contributed by atoms with Crippen molar-refractivity contribution in [1.29, 1.82) is 0 Å². The second kappa shape index (κ2) is 13.1. The van der Waals surface area contributed by atoms with Gasteiger partial charge in [-0.15, -0.1) is 0 Å². The lowest BCUT2D eigenvalue weighted by atomic mass is 10.1. The summed E-state index contributed by atoms with van der Waals surface area (Å²) in [5, 5.41) is 9.78. The first kappa shape index (κ1) is 26.4. The SMILES string of the molecule is COCCOc1ccc(Nc2ncc(F)c(N3CCCC(NC(=O)CNc4cccc(Cl)c4)C3)n2)cc1. The van der Waals surface area contributed by atoms with Crippen molar-refractivity contribution in [1.82, 2.24) is 15.3 Å². The van der Waals surface area contributed by atoms with Gasteiger partial charge in [0.15, 0.2) is 11.6 Å². The highest BCUT2D eigenvalue weighted by Gasteiger charge is 2.25. The number of carbonyl (C=O) groups is 1. The smallest absolute Gasteiger partial charge is 0.239 e. The normalized spacial score (nSPS) is 15.2. The van der Waals surface area contributed by atoms with Crippen LogP contribution in [0.2, 0.25) is 5.02 Å². The number of methoxy groups -OCH3 is 1. The fourth-order valence-corrected chi connectivity index (χ4v) is 4.18. The molecule has 1 atom stereocenters. The van der Waals surface area contributed by atoms with Gasteiger partial charge in [0.25, 0.3) is 0 Å². The lowest BCUT2D eigenvalue weighted by molar-refractivity contribution is -0.120. The Morgan fingerprint density at radius 1 is 1.19 bits per heavy atom. The maximum absolute atomic E-state index is 14.7. The zero-order chi connectivity index (χ0) is 26.0. The minimum atomic E-state index is -0.512. The first-order valence-electron chi connectivity index (χ1n) is 12.1. The Morgan fingerprint density at radius 3 is 2.81 bits per heavy atom. The summed E-state index contributed by atoms with van der Waals surface area (Å²) in [5.41, 5.74) is 1.51. The van der Waals surface area contributed by atoms with Crippen LogP contribution in [0.4, 0.5) is 27.5 Å². The summed E-state index contributed by atoms with van der Waals surface area (Å²) in [4.78, 5) is 22.8. The molecule has 11 heteroatoms. The first-order chi connectivity index (χ1) is 18.0. The molecule has 0 radical (unpaired) electrons. The Hall–Kier alpha value is -3.63. The van der Waals surface area contributed by atoms with Crippen LogP contribution in [0.5, 0.6) is 5.75 Å². The van der Waals surface area contributed by atoms with Gasteiger partial charge >= 0.3 is 0 Å². The maximum atomic E-state index is 14.7. The highest BCUT2D eigenvalue weighted by molar-refractivity contribution is 6.30. The van der Waals surface area contributed by atoms with Crippen LogP contribution < -0.4 is 25.6 Å². The largest absolute Gasteiger partial charge is 0.491 e. The molecule has 0 aliphatic carbocycles. The summed E-state index contributed by atoms with van der Waals surface area (Å²) < 4.78 is 25.2. The Bertz CT molecular complexity index is 1180. The fourth-order valence-electron chi connectivity index (χ4n) is 3.99. The molecule has 0 bridgehead atoms. The monoisotopic (exact) mass is 528 g/mol. The van der Waals surface area contributed by atoms with E-state index >= 15 is 0 Å². The number of hydrogen-bond acceptors (Lipinski definition) is 8. The molecule has 1 amide bonds. The molecule has 1 aliphatic heterocycles. The number of anilines is 4. The van der Waals surface area contributed by atoms with E-state index in [0.717, 1.165) is 30.4 Å². The van der Waals surface area contributed by atoms with Crippen LogP contribution in [0.25, 0.3) is 0 Å². The average Bonchev–Trinajstić information content (AvgIpc) is 2.90. The summed E-state index contributed by atoms with van der Waals surface area (Å²) in [7, 11) is 1.62. The molecule has 1 unspecified atom stereocenters. The summed E-state index contributed by atoms with van der Waals surface area (Å²) in [6.07, 6.45) is 2.75. The van der Waals surface area contributed by atoms with E-state index in [1.165, 1.54) is 0 Å². The van der Waals surface area contributed by atoms with Crippen LogP contribution >= 0.6 is 11.6 Å². The molecule has 4 rings (SSSR count). The zero-order valence-electron chi connectivity index (χ0n) is 20.5. The van der Waals surface area contributed by atoms with E-state index in [1.54, 1.807) is 19.2 Å². The molecule has 2 aromatic carbocycles. The average molecular weight is 529 g/mol. The molecular formula is C26H30ClFN6O3. The topological polar surface area (TPSA) is 101 Å². The van der Waals surface area contributed by atoms with Crippen molar-refractivity contribution in [2.45, 2.75) is 18.9 Å². The lowest BCUT2D eigenvalue weighted by Gasteiger charge is -2.34. The molecule has 1 saturated heterocycles. The number of hydrogen-bond donors (Lipinski definition) is 3. The van der Waals surface area contributed by atoms with Crippen molar-refractivity contribution in [2.24, 2.45) is 0 Å². The van der Waals surface area contributed by atoms with Gasteiger partial charge in [-0.1, -0.05) is 17.7 Å². The van der Waals surface area contributed by atoms with E-state index in [4.69, 9.17) is 21.1 Å². The fraction of sp³-hybridized carbons (Fsp3) is 0.346. The van der Waals surface area contributed by atoms with Gasteiger partial charge in [-0.25, -0.2) is 9.37 Å². The second-order valence-electron chi connectivity index (χ2n) is 8.57. The highest BCUT2D eigenvalue weighted by Crippen LogP contribution is 2.24. The van der Waals surface area contributed by atoms with Crippen molar-refractivity contribution >= 4 is 40.6 Å². The van der Waals surface area contributed by atoms with Crippen molar-refractivity contribution in [2.75, 3.05) is 55.5 Å². The third-order valence-electron chi connectivity index (χ3n) is 5.76. The van der Waals surface area contributed by atoms with E-state index in [9.17, 15) is 9.18 Å². The van der Waals surface area contributed by atoms with Gasteiger partial charge in [0, 0.05) is 42.6 Å². The molecule has 1 fully saturated rings. The van der Waals surface area contributed by atoms with E-state index < -0.39 is 5.82 Å². The van der Waals surface area contributed by atoms with E-state index in [0.29, 0.717) is 37.1 Å². The van der Waals surface area contributed by atoms with Gasteiger partial charge in [-0.2, -0.15) is 4.98 Å². The van der Waals surface area contributed by atoms with Gasteiger partial charge in [-0.3, -0.25) is 4.79 Å². The molecule has 0 saturated carbocycles. The van der Waals surface area contributed by atoms with Gasteiger partial charge in [0.1, 0.15) is 12.4 Å². The summed E-state index contributed by atoms with van der Waals surface area (Å²) >= 11 is 5.99. The molecule has 196 valence electrons. The summed E-state index contributed by atoms with van der Waals surface area (Å²) in [6.45, 7) is 2.16. The van der Waals surface area contributed by atoms with Crippen molar-refractivity contribution in [3.8, 4) is 5.75 Å². The van der Waals surface area contributed by atoms with Gasteiger partial charge in [0.05, 0.1) is 19.3 Å². The van der Waals surface area contributed by atoms with E-state index in [1.807, 2.05) is 41.3 Å². The number of benzene rings is 2. The zero-order valence-corrected chi connectivity index (χ0v) is 21.3. The van der Waals surface area contributed by atoms with Crippen LogP contribution in [-0.4, -0.2) is 61.9 Å². The Labute approximate surface area is 220 Å². The molecule has 1 aliphatic rings. The van der Waals surface area contributed by atoms with E-state index in [-0.39, 0.29) is 30.3 Å². The predicted molar refractivity (Wildman–Crippen MR) is 142 cm³/mol. The third-order valence-corrected chi connectivity index (χ3v) is 5.99. The van der Waals surface area contributed by atoms with Crippen molar-refractivity contribution < 1.29 is 18.7 Å². The van der Waals surface area contributed by atoms with E-state index in [2.05, 4.69) is 25.9 Å². The Kier molecular flexibility index (Phi) is 9.34. The number of aromatic nitrogens is 2. The van der Waals surface area contributed by atoms with Crippen LogP contribution in [0.1, 0.15) is 12.8 Å². The van der Waals surface area contributed by atoms with Crippen LogP contribution in [-0.2, 0) is 9.53 Å². The number of nitrogens with one attached hydrogen (secondary N) is 3. The molecule has 3 aromatic rings. The number of carbonyl (C=O) groups excluding carboxylic acids is 1. The summed E-state index contributed by atoms with van der Waals surface area (Å²) in [5.74, 6) is 0.538. The lowest BCUT2D eigenvalue weighted by Crippen LogP contribution is -2.49. The number of ether oxygens (including phenoxy) is 2. The molecular weight excluding hydrogens is 499 g/mol. The number of nitrogens with zero attached hydrogens (tertiary/aromatic N) is 3. The number of rotatable bonds is 11. The highest BCUT2D eigenvalue weighted by atomic mass is 35.5. The third kappa shape index (κ3) is 7.93. The molecule has 1 aromatic heterocycles. The van der Waals surface area contributed by atoms with Crippen LogP contribution in [0.15, 0.2) is 54.7 Å². The van der Waals surface area contributed by atoms with Gasteiger partial charge < -0.3 is 30.3 Å². The molecule has 37 heavy (non-hydrogen) atoms. The Balaban J connectivity index is 1.33. The van der Waals surface area contributed by atoms with Crippen LogP contribution in [0.3, 0.4) is 0 Å². The summed E-state index contributed by atoms with van der Waals surface area (Å²) in [6, 6.07) is 14.4. The quantitative estimate of drug-likeness (QED) is 0.318. The first-order valence-corrected chi connectivity index (χ1v) is 12.4. The Morgan fingerprint density at radius 2 is 2.03 bits per heavy atom. The number of amides is 1. The maximum Gasteiger partial charge on any atom is 0.239 e. The van der Waals surface area contributed by atoms with Crippen molar-refractivity contribution in [3.63, 3.8) is 0 Å². The number of halogens is 2.